The van der Waals surface area contributed by atoms with Crippen molar-refractivity contribution in [1.29, 1.82) is 0 Å². The summed E-state index contributed by atoms with van der Waals surface area (Å²) in [6.45, 7) is 11.4. The summed E-state index contributed by atoms with van der Waals surface area (Å²) in [6.07, 6.45) is 1.19. The van der Waals surface area contributed by atoms with Crippen LogP contribution in [0.25, 0.3) is 0 Å². The third-order valence-corrected chi connectivity index (χ3v) is 1.74. The van der Waals surface area contributed by atoms with E-state index in [2.05, 4.69) is 19.2 Å². The second-order valence-corrected chi connectivity index (χ2v) is 3.36. The first kappa shape index (κ1) is 11.9. The highest BCUT2D eigenvalue weighted by Gasteiger charge is 2.14. The highest BCUT2D eigenvalue weighted by atomic mass is 16.5. The van der Waals surface area contributed by atoms with Crippen LogP contribution in [0.3, 0.4) is 0 Å². The molecule has 1 heterocycles. The van der Waals surface area contributed by atoms with Gasteiger partial charge in [-0.1, -0.05) is 27.7 Å². The molecule has 0 aliphatic carbocycles. The molecule has 0 spiro atoms. The van der Waals surface area contributed by atoms with E-state index in [9.17, 15) is 0 Å². The van der Waals surface area contributed by atoms with Gasteiger partial charge in [-0.05, 0) is 18.9 Å². The zero-order valence-electron chi connectivity index (χ0n) is 8.89. The Morgan fingerprint density at radius 1 is 1.50 bits per heavy atom. The lowest BCUT2D eigenvalue weighted by atomic mass is 10.2. The van der Waals surface area contributed by atoms with Gasteiger partial charge in [0.2, 0.25) is 0 Å². The molecule has 2 heteroatoms. The fourth-order valence-corrected chi connectivity index (χ4v) is 1.10. The smallest absolute Gasteiger partial charge is 0.0620 e. The third kappa shape index (κ3) is 5.56. The Labute approximate surface area is 78.2 Å². The van der Waals surface area contributed by atoms with Crippen LogP contribution in [0.2, 0.25) is 0 Å². The molecule has 1 N–H and O–H groups in total. The molecular formula is C10H25NO. The molecule has 0 aromatic carbocycles. The lowest BCUT2D eigenvalue weighted by Gasteiger charge is -2.11. The van der Waals surface area contributed by atoms with Crippen molar-refractivity contribution < 1.29 is 6.16 Å². The molecule has 2 nitrogen and oxygen atoms in total. The lowest BCUT2D eigenvalue weighted by molar-refractivity contribution is 0.189. The minimum absolute atomic E-state index is 0. The Bertz CT molecular complexity index is 92.9. The first-order chi connectivity index (χ1) is 5.79. The van der Waals surface area contributed by atoms with Gasteiger partial charge in [0.25, 0.3) is 0 Å². The lowest BCUT2D eigenvalue weighted by Crippen LogP contribution is -2.32. The van der Waals surface area contributed by atoms with Gasteiger partial charge in [-0.2, -0.15) is 0 Å². The van der Waals surface area contributed by atoms with E-state index in [1.165, 1.54) is 6.42 Å². The van der Waals surface area contributed by atoms with Crippen LogP contribution in [0, 0.1) is 5.92 Å². The van der Waals surface area contributed by atoms with Crippen molar-refractivity contribution in [3.05, 3.63) is 0 Å². The SMILES string of the molecule is CC.CC(C)CNC1CCOC1.[HH]. The predicted molar refractivity (Wildman–Crippen MR) is 55.5 cm³/mol. The van der Waals surface area contributed by atoms with Crippen LogP contribution in [0.15, 0.2) is 0 Å². The van der Waals surface area contributed by atoms with E-state index < -0.39 is 0 Å². The minimum Gasteiger partial charge on any atom is -0.380 e. The van der Waals surface area contributed by atoms with Gasteiger partial charge in [0.05, 0.1) is 6.61 Å². The zero-order valence-corrected chi connectivity index (χ0v) is 8.89. The summed E-state index contributed by atoms with van der Waals surface area (Å²) in [5.74, 6) is 0.751. The van der Waals surface area contributed by atoms with E-state index in [0.29, 0.717) is 6.04 Å². The second kappa shape index (κ2) is 7.56. The fraction of sp³-hybridized carbons (Fsp3) is 1.00. The highest BCUT2D eigenvalue weighted by Crippen LogP contribution is 2.03. The molecule has 1 unspecified atom stereocenters. The van der Waals surface area contributed by atoms with E-state index >= 15 is 0 Å². The van der Waals surface area contributed by atoms with Gasteiger partial charge in [-0.15, -0.1) is 0 Å². The first-order valence-electron chi connectivity index (χ1n) is 5.10. The van der Waals surface area contributed by atoms with Crippen LogP contribution < -0.4 is 5.32 Å². The number of ether oxygens (including phenoxy) is 1. The minimum atomic E-state index is 0. The van der Waals surface area contributed by atoms with Crippen molar-refractivity contribution >= 4 is 0 Å². The Hall–Kier alpha value is -0.0800. The van der Waals surface area contributed by atoms with Gasteiger partial charge >= 0.3 is 0 Å². The van der Waals surface area contributed by atoms with Crippen molar-refractivity contribution in [2.45, 2.75) is 40.2 Å². The summed E-state index contributed by atoms with van der Waals surface area (Å²) in [7, 11) is 0. The van der Waals surface area contributed by atoms with E-state index in [-0.39, 0.29) is 1.43 Å². The maximum atomic E-state index is 5.23. The topological polar surface area (TPSA) is 21.3 Å². The van der Waals surface area contributed by atoms with Crippen molar-refractivity contribution in [3.63, 3.8) is 0 Å². The quantitative estimate of drug-likeness (QED) is 0.710. The molecule has 76 valence electrons. The normalized spacial score (nSPS) is 22.2. The van der Waals surface area contributed by atoms with E-state index in [1.807, 2.05) is 13.8 Å². The van der Waals surface area contributed by atoms with E-state index in [4.69, 9.17) is 4.74 Å². The van der Waals surface area contributed by atoms with Crippen LogP contribution in [-0.4, -0.2) is 25.8 Å². The van der Waals surface area contributed by atoms with Gasteiger partial charge in [-0.25, -0.2) is 0 Å². The maximum absolute atomic E-state index is 5.23. The zero-order chi connectivity index (χ0) is 9.40. The van der Waals surface area contributed by atoms with Gasteiger partial charge in [-0.3, -0.25) is 0 Å². The van der Waals surface area contributed by atoms with Gasteiger partial charge in [0, 0.05) is 14.1 Å². The summed E-state index contributed by atoms with van der Waals surface area (Å²) >= 11 is 0. The molecule has 0 radical (unpaired) electrons. The molecule has 12 heavy (non-hydrogen) atoms. The molecule has 0 aromatic heterocycles. The van der Waals surface area contributed by atoms with Crippen LogP contribution >= 0.6 is 0 Å². The molecule has 1 rings (SSSR count). The number of hydrogen-bond acceptors (Lipinski definition) is 2. The summed E-state index contributed by atoms with van der Waals surface area (Å²) in [6, 6.07) is 0.627. The molecule has 1 atom stereocenters. The Kier molecular flexibility index (Phi) is 7.51. The summed E-state index contributed by atoms with van der Waals surface area (Å²) in [5, 5.41) is 3.46. The molecular weight excluding hydrogens is 150 g/mol. The molecule has 1 aliphatic rings. The molecule has 0 amide bonds. The summed E-state index contributed by atoms with van der Waals surface area (Å²) < 4.78 is 5.23. The van der Waals surface area contributed by atoms with Crippen LogP contribution in [0.1, 0.15) is 35.5 Å². The fourth-order valence-electron chi connectivity index (χ4n) is 1.10. The average molecular weight is 175 g/mol. The van der Waals surface area contributed by atoms with Crippen molar-refractivity contribution in [3.8, 4) is 0 Å². The molecule has 0 aromatic rings. The van der Waals surface area contributed by atoms with Crippen LogP contribution in [0.5, 0.6) is 0 Å². The Morgan fingerprint density at radius 2 is 2.17 bits per heavy atom. The molecule has 0 saturated carbocycles. The second-order valence-electron chi connectivity index (χ2n) is 3.36. The standard InChI is InChI=1S/C8H17NO.C2H6.H2/c1-7(2)5-9-8-3-4-10-6-8;1-2;/h7-9H,3-6H2,1-2H3;1-2H3;1H. The molecule has 1 fully saturated rings. The Morgan fingerprint density at radius 3 is 2.58 bits per heavy atom. The monoisotopic (exact) mass is 175 g/mol. The summed E-state index contributed by atoms with van der Waals surface area (Å²) in [5.41, 5.74) is 0. The number of hydrogen-bond donors (Lipinski definition) is 1. The average Bonchev–Trinajstić information content (AvgIpc) is 2.56. The van der Waals surface area contributed by atoms with Gasteiger partial charge in [0.1, 0.15) is 0 Å². The highest BCUT2D eigenvalue weighted by molar-refractivity contribution is 4.71. The van der Waals surface area contributed by atoms with Crippen LogP contribution in [0.4, 0.5) is 0 Å². The predicted octanol–water partition coefficient (Wildman–Crippen LogP) is 2.29. The van der Waals surface area contributed by atoms with E-state index in [1.54, 1.807) is 0 Å². The third-order valence-electron chi connectivity index (χ3n) is 1.74. The number of nitrogens with one attached hydrogen (secondary N) is 1. The number of rotatable bonds is 3. The first-order valence-corrected chi connectivity index (χ1v) is 5.10. The van der Waals surface area contributed by atoms with Crippen LogP contribution in [-0.2, 0) is 4.74 Å². The van der Waals surface area contributed by atoms with E-state index in [0.717, 1.165) is 25.7 Å². The molecule has 1 saturated heterocycles. The van der Waals surface area contributed by atoms with Crippen molar-refractivity contribution in [1.82, 2.24) is 5.32 Å². The van der Waals surface area contributed by atoms with Gasteiger partial charge < -0.3 is 10.1 Å². The molecule has 0 bridgehead atoms. The molecule has 1 aliphatic heterocycles. The summed E-state index contributed by atoms with van der Waals surface area (Å²) in [4.78, 5) is 0. The largest absolute Gasteiger partial charge is 0.380 e. The van der Waals surface area contributed by atoms with Crippen molar-refractivity contribution in [2.75, 3.05) is 19.8 Å². The van der Waals surface area contributed by atoms with Crippen molar-refractivity contribution in [2.24, 2.45) is 5.92 Å². The van der Waals surface area contributed by atoms with Gasteiger partial charge in [0.15, 0.2) is 0 Å². The maximum Gasteiger partial charge on any atom is 0.0620 e. The Balaban J connectivity index is 0.